The maximum Gasteiger partial charge on any atom is 0.0949 e. The molecule has 0 saturated carbocycles. The maximum atomic E-state index is 4.16. The molecule has 2 rings (SSSR count). The van der Waals surface area contributed by atoms with Gasteiger partial charge in [0.25, 0.3) is 0 Å². The third-order valence-electron chi connectivity index (χ3n) is 1.39. The van der Waals surface area contributed by atoms with Gasteiger partial charge in [0, 0.05) is 17.8 Å². The lowest BCUT2D eigenvalue weighted by atomic mass is 10.5. The lowest BCUT2D eigenvalue weighted by Crippen LogP contribution is -1.95. The Hall–Kier alpha value is -1.16. The minimum absolute atomic E-state index is 0.823. The Morgan fingerprint density at radius 1 is 1.55 bits per heavy atom. The third kappa shape index (κ3) is 1.46. The highest BCUT2D eigenvalue weighted by atomic mass is 32.1. The quantitative estimate of drug-likeness (QED) is 0.673. The molecule has 0 N–H and O–H groups in total. The molecule has 0 atom stereocenters. The van der Waals surface area contributed by atoms with Crippen LogP contribution >= 0.6 is 11.3 Å². The van der Waals surface area contributed by atoms with Gasteiger partial charge in [0.05, 0.1) is 24.1 Å². The van der Waals surface area contributed by atoms with Gasteiger partial charge in [0.15, 0.2) is 0 Å². The molecule has 4 heteroatoms. The Kier molecular flexibility index (Phi) is 1.69. The molecule has 0 radical (unpaired) electrons. The van der Waals surface area contributed by atoms with Crippen LogP contribution in [0.25, 0.3) is 0 Å². The Bertz CT molecular complexity index is 266. The number of nitrogens with zero attached hydrogens (tertiary/aromatic N) is 3. The van der Waals surface area contributed by atoms with E-state index in [9.17, 15) is 0 Å². The topological polar surface area (TPSA) is 30.7 Å². The van der Waals surface area contributed by atoms with Crippen LogP contribution in [0.4, 0.5) is 0 Å². The number of imidazole rings is 1. The molecule has 11 heavy (non-hydrogen) atoms. The molecule has 2 aromatic rings. The average Bonchev–Trinajstić information content (AvgIpc) is 2.60. The Balaban J connectivity index is 2.14. The van der Waals surface area contributed by atoms with Crippen LogP contribution in [0.15, 0.2) is 29.6 Å². The van der Waals surface area contributed by atoms with E-state index in [4.69, 9.17) is 0 Å². The van der Waals surface area contributed by atoms with Crippen molar-refractivity contribution in [1.29, 1.82) is 0 Å². The predicted molar refractivity (Wildman–Crippen MR) is 43.4 cm³/mol. The number of hydrogen-bond acceptors (Lipinski definition) is 3. The summed E-state index contributed by atoms with van der Waals surface area (Å²) in [5.74, 6) is 0. The maximum absolute atomic E-state index is 4.16. The zero-order chi connectivity index (χ0) is 7.52. The van der Waals surface area contributed by atoms with E-state index in [-0.39, 0.29) is 0 Å². The van der Waals surface area contributed by atoms with E-state index in [1.807, 2.05) is 21.7 Å². The van der Waals surface area contributed by atoms with Gasteiger partial charge < -0.3 is 4.57 Å². The normalized spacial score (nSPS) is 10.2. The predicted octanol–water partition coefficient (Wildman–Crippen LogP) is 1.39. The summed E-state index contributed by atoms with van der Waals surface area (Å²) < 4.78 is 2.00. The van der Waals surface area contributed by atoms with Gasteiger partial charge in [-0.3, -0.25) is 0 Å². The van der Waals surface area contributed by atoms with Gasteiger partial charge in [-0.1, -0.05) is 0 Å². The molecule has 3 nitrogen and oxygen atoms in total. The molecule has 2 aromatic heterocycles. The Labute approximate surface area is 68.4 Å². The van der Waals surface area contributed by atoms with Crippen LogP contribution in [0.1, 0.15) is 5.69 Å². The minimum atomic E-state index is 0.823. The zero-order valence-electron chi connectivity index (χ0n) is 5.84. The average molecular weight is 165 g/mol. The zero-order valence-corrected chi connectivity index (χ0v) is 6.66. The fourth-order valence-corrected chi connectivity index (χ4v) is 1.43. The van der Waals surface area contributed by atoms with E-state index in [0.717, 1.165) is 12.2 Å². The SMILES string of the molecule is c1cn(Cc2cscn2)cn1. The van der Waals surface area contributed by atoms with Crippen molar-refractivity contribution in [3.8, 4) is 0 Å². The second-order valence-corrected chi connectivity index (χ2v) is 2.93. The lowest BCUT2D eigenvalue weighted by molar-refractivity contribution is 0.779. The summed E-state index contributed by atoms with van der Waals surface area (Å²) in [6, 6.07) is 0. The summed E-state index contributed by atoms with van der Waals surface area (Å²) in [5, 5.41) is 2.04. The van der Waals surface area contributed by atoms with E-state index in [0.29, 0.717) is 0 Å². The van der Waals surface area contributed by atoms with E-state index >= 15 is 0 Å². The van der Waals surface area contributed by atoms with Crippen molar-refractivity contribution in [1.82, 2.24) is 14.5 Å². The van der Waals surface area contributed by atoms with Crippen molar-refractivity contribution in [3.05, 3.63) is 35.3 Å². The second kappa shape index (κ2) is 2.84. The van der Waals surface area contributed by atoms with Gasteiger partial charge in [0.1, 0.15) is 0 Å². The minimum Gasteiger partial charge on any atom is -0.331 e. The van der Waals surface area contributed by atoms with Crippen LogP contribution in [0.5, 0.6) is 0 Å². The van der Waals surface area contributed by atoms with Crippen LogP contribution in [-0.2, 0) is 6.54 Å². The molecule has 2 heterocycles. The highest BCUT2D eigenvalue weighted by molar-refractivity contribution is 7.07. The van der Waals surface area contributed by atoms with Gasteiger partial charge >= 0.3 is 0 Å². The van der Waals surface area contributed by atoms with Crippen LogP contribution in [-0.4, -0.2) is 14.5 Å². The molecule has 0 aliphatic rings. The number of aromatic nitrogens is 3. The fourth-order valence-electron chi connectivity index (χ4n) is 0.883. The third-order valence-corrected chi connectivity index (χ3v) is 2.02. The molecule has 0 bridgehead atoms. The summed E-state index contributed by atoms with van der Waals surface area (Å²) in [4.78, 5) is 8.10. The van der Waals surface area contributed by atoms with Crippen LogP contribution in [0.3, 0.4) is 0 Å². The van der Waals surface area contributed by atoms with Crippen molar-refractivity contribution >= 4 is 11.3 Å². The van der Waals surface area contributed by atoms with Gasteiger partial charge in [0.2, 0.25) is 0 Å². The monoisotopic (exact) mass is 165 g/mol. The smallest absolute Gasteiger partial charge is 0.0949 e. The van der Waals surface area contributed by atoms with Gasteiger partial charge in [-0.15, -0.1) is 11.3 Å². The molecular formula is C7H7N3S. The largest absolute Gasteiger partial charge is 0.331 e. The van der Waals surface area contributed by atoms with Crippen molar-refractivity contribution < 1.29 is 0 Å². The van der Waals surface area contributed by atoms with Gasteiger partial charge in [-0.25, -0.2) is 9.97 Å². The van der Waals surface area contributed by atoms with Crippen molar-refractivity contribution in [2.24, 2.45) is 0 Å². The van der Waals surface area contributed by atoms with Gasteiger partial charge in [-0.05, 0) is 0 Å². The molecule has 56 valence electrons. The van der Waals surface area contributed by atoms with E-state index in [2.05, 4.69) is 9.97 Å². The molecule has 0 aliphatic heterocycles. The molecule has 0 spiro atoms. The Morgan fingerprint density at radius 3 is 3.18 bits per heavy atom. The van der Waals surface area contributed by atoms with E-state index in [1.54, 1.807) is 23.9 Å². The summed E-state index contributed by atoms with van der Waals surface area (Å²) in [6.07, 6.45) is 5.49. The molecule has 0 aromatic carbocycles. The summed E-state index contributed by atoms with van der Waals surface area (Å²) in [6.45, 7) is 0.823. The molecule has 0 amide bonds. The molecule has 0 unspecified atom stereocenters. The van der Waals surface area contributed by atoms with Crippen LogP contribution in [0.2, 0.25) is 0 Å². The summed E-state index contributed by atoms with van der Waals surface area (Å²) in [7, 11) is 0. The van der Waals surface area contributed by atoms with Gasteiger partial charge in [-0.2, -0.15) is 0 Å². The lowest BCUT2D eigenvalue weighted by Gasteiger charge is -1.95. The first-order valence-electron chi connectivity index (χ1n) is 3.28. The molecule has 0 aliphatic carbocycles. The van der Waals surface area contributed by atoms with Crippen molar-refractivity contribution in [3.63, 3.8) is 0 Å². The van der Waals surface area contributed by atoms with E-state index in [1.165, 1.54) is 0 Å². The first-order chi connectivity index (χ1) is 5.45. The Morgan fingerprint density at radius 2 is 2.55 bits per heavy atom. The number of hydrogen-bond donors (Lipinski definition) is 0. The number of thiazole rings is 1. The highest BCUT2D eigenvalue weighted by Gasteiger charge is 1.94. The number of rotatable bonds is 2. The van der Waals surface area contributed by atoms with E-state index < -0.39 is 0 Å². The summed E-state index contributed by atoms with van der Waals surface area (Å²) in [5.41, 5.74) is 2.93. The fraction of sp³-hybridized carbons (Fsp3) is 0.143. The first-order valence-corrected chi connectivity index (χ1v) is 4.22. The molecule has 0 fully saturated rings. The molecule has 0 saturated heterocycles. The summed E-state index contributed by atoms with van der Waals surface area (Å²) >= 11 is 1.62. The van der Waals surface area contributed by atoms with Crippen LogP contribution in [0, 0.1) is 0 Å². The highest BCUT2D eigenvalue weighted by Crippen LogP contribution is 2.02. The van der Waals surface area contributed by atoms with Crippen molar-refractivity contribution in [2.45, 2.75) is 6.54 Å². The second-order valence-electron chi connectivity index (χ2n) is 2.21. The van der Waals surface area contributed by atoms with Crippen LogP contribution < -0.4 is 0 Å². The first kappa shape index (κ1) is 6.54. The van der Waals surface area contributed by atoms with Crippen molar-refractivity contribution in [2.75, 3.05) is 0 Å². The molecular weight excluding hydrogens is 158 g/mol. The standard InChI is InChI=1S/C7H7N3S/c1-2-10(5-8-1)3-7-4-11-6-9-7/h1-2,4-6H,3H2.